The minimum absolute atomic E-state index is 0.240. The van der Waals surface area contributed by atoms with Gasteiger partial charge in [0.25, 0.3) is 0 Å². The Kier molecular flexibility index (Phi) is 3.90. The fourth-order valence-electron chi connectivity index (χ4n) is 3.11. The predicted molar refractivity (Wildman–Crippen MR) is 99.3 cm³/mol. The molecule has 120 valence electrons. The second kappa shape index (κ2) is 6.07. The molecule has 0 unspecified atom stereocenters. The molecule has 2 N–H and O–H groups in total. The van der Waals surface area contributed by atoms with Crippen molar-refractivity contribution in [1.29, 1.82) is 0 Å². The molecule has 0 radical (unpaired) electrons. The van der Waals surface area contributed by atoms with Crippen LogP contribution in [0.5, 0.6) is 0 Å². The lowest BCUT2D eigenvalue weighted by molar-refractivity contribution is -0.117. The van der Waals surface area contributed by atoms with E-state index in [2.05, 4.69) is 53.5 Å². The molecule has 24 heavy (non-hydrogen) atoms. The van der Waals surface area contributed by atoms with Crippen LogP contribution in [0.15, 0.2) is 52.9 Å². The molecule has 1 aliphatic carbocycles. The molecular weight excluding hydrogens is 336 g/mol. The molecule has 5 heteroatoms. The minimum atomic E-state index is -0.310. The molecule has 0 saturated heterocycles. The van der Waals surface area contributed by atoms with Crippen molar-refractivity contribution in [3.05, 3.63) is 70.2 Å². The van der Waals surface area contributed by atoms with Gasteiger partial charge in [0.1, 0.15) is 0 Å². The molecule has 3 nitrogen and oxygen atoms in total. The summed E-state index contributed by atoms with van der Waals surface area (Å²) in [5, 5.41) is 0.240. The van der Waals surface area contributed by atoms with Crippen LogP contribution in [-0.2, 0) is 11.2 Å². The van der Waals surface area contributed by atoms with Gasteiger partial charge in [-0.3, -0.25) is 4.79 Å². The first-order valence-corrected chi connectivity index (χ1v) is 9.42. The Morgan fingerprint density at radius 1 is 1.12 bits per heavy atom. The zero-order chi connectivity index (χ0) is 16.7. The average molecular weight is 352 g/mol. The lowest BCUT2D eigenvalue weighted by Crippen LogP contribution is -2.13. The number of nitrogens with zero attached hydrogens (tertiary/aromatic N) is 1. The number of carbonyl (C=O) groups is 1. The van der Waals surface area contributed by atoms with E-state index in [1.807, 2.05) is 6.92 Å². The molecule has 0 aliphatic heterocycles. The molecule has 2 aromatic carbocycles. The molecule has 4 rings (SSSR count). The van der Waals surface area contributed by atoms with Crippen molar-refractivity contribution < 1.29 is 4.79 Å². The zero-order valence-electron chi connectivity index (χ0n) is 13.2. The third-order valence-electron chi connectivity index (χ3n) is 4.20. The van der Waals surface area contributed by atoms with Gasteiger partial charge in [-0.2, -0.15) is 0 Å². The van der Waals surface area contributed by atoms with Crippen LogP contribution in [0.3, 0.4) is 0 Å². The lowest BCUT2D eigenvalue weighted by Gasteiger charge is -2.11. The number of thioether (sulfide) groups is 1. The highest BCUT2D eigenvalue weighted by atomic mass is 32.2. The summed E-state index contributed by atoms with van der Waals surface area (Å²) in [6, 6.07) is 17.1. The van der Waals surface area contributed by atoms with E-state index in [1.54, 1.807) is 23.1 Å². The van der Waals surface area contributed by atoms with E-state index in [0.29, 0.717) is 0 Å². The van der Waals surface area contributed by atoms with Crippen LogP contribution in [0.2, 0.25) is 0 Å². The first-order valence-electron chi connectivity index (χ1n) is 7.73. The second-order valence-electron chi connectivity index (χ2n) is 5.80. The van der Waals surface area contributed by atoms with Gasteiger partial charge in [-0.05, 0) is 29.2 Å². The summed E-state index contributed by atoms with van der Waals surface area (Å²) in [5.74, 6) is -0.310. The number of primary amides is 1. The summed E-state index contributed by atoms with van der Waals surface area (Å²) in [6.45, 7) is 1.94. The maximum atomic E-state index is 11.2. The molecule has 0 bridgehead atoms. The second-order valence-corrected chi connectivity index (χ2v) is 8.24. The van der Waals surface area contributed by atoms with Crippen molar-refractivity contribution in [1.82, 2.24) is 4.98 Å². The lowest BCUT2D eigenvalue weighted by atomic mass is 10.1. The molecule has 0 atom stereocenters. The summed E-state index contributed by atoms with van der Waals surface area (Å²) in [7, 11) is 0. The SMILES string of the molecule is Cc1nc(SC2c3ccccc3-c3ccccc32)sc1CC(N)=O. The van der Waals surface area contributed by atoms with Crippen molar-refractivity contribution in [2.24, 2.45) is 5.73 Å². The van der Waals surface area contributed by atoms with E-state index in [-0.39, 0.29) is 17.6 Å². The summed E-state index contributed by atoms with van der Waals surface area (Å²) >= 11 is 3.33. The maximum Gasteiger partial charge on any atom is 0.222 e. The first kappa shape index (κ1) is 15.4. The van der Waals surface area contributed by atoms with Crippen LogP contribution < -0.4 is 5.73 Å². The molecule has 0 fully saturated rings. The summed E-state index contributed by atoms with van der Waals surface area (Å²) in [5.41, 5.74) is 11.5. The van der Waals surface area contributed by atoms with Crippen LogP contribution >= 0.6 is 23.1 Å². The van der Waals surface area contributed by atoms with Crippen LogP contribution in [0.4, 0.5) is 0 Å². The van der Waals surface area contributed by atoms with E-state index in [0.717, 1.165) is 14.9 Å². The van der Waals surface area contributed by atoms with Crippen molar-refractivity contribution in [3.63, 3.8) is 0 Å². The van der Waals surface area contributed by atoms with Gasteiger partial charge in [0.15, 0.2) is 4.34 Å². The van der Waals surface area contributed by atoms with E-state index in [4.69, 9.17) is 5.73 Å². The van der Waals surface area contributed by atoms with Crippen LogP contribution in [-0.4, -0.2) is 10.9 Å². The van der Waals surface area contributed by atoms with Gasteiger partial charge in [-0.15, -0.1) is 11.3 Å². The minimum Gasteiger partial charge on any atom is -0.369 e. The van der Waals surface area contributed by atoms with Crippen molar-refractivity contribution >= 4 is 29.0 Å². The van der Waals surface area contributed by atoms with Crippen molar-refractivity contribution in [2.45, 2.75) is 22.9 Å². The first-order chi connectivity index (χ1) is 11.6. The molecule has 1 aliphatic rings. The van der Waals surface area contributed by atoms with Gasteiger partial charge >= 0.3 is 0 Å². The Morgan fingerprint density at radius 2 is 1.71 bits per heavy atom. The van der Waals surface area contributed by atoms with Gasteiger partial charge in [0.05, 0.1) is 17.4 Å². The highest BCUT2D eigenvalue weighted by molar-refractivity contribution is 8.01. The van der Waals surface area contributed by atoms with Crippen molar-refractivity contribution in [2.75, 3.05) is 0 Å². The summed E-state index contributed by atoms with van der Waals surface area (Å²) in [4.78, 5) is 16.8. The number of amides is 1. The Morgan fingerprint density at radius 3 is 2.29 bits per heavy atom. The quantitative estimate of drug-likeness (QED) is 0.760. The van der Waals surface area contributed by atoms with Crippen LogP contribution in [0, 0.1) is 6.92 Å². The zero-order valence-corrected chi connectivity index (χ0v) is 14.8. The topological polar surface area (TPSA) is 56.0 Å². The largest absolute Gasteiger partial charge is 0.369 e. The van der Waals surface area contributed by atoms with Gasteiger partial charge < -0.3 is 5.73 Å². The number of hydrogen-bond donors (Lipinski definition) is 1. The number of aromatic nitrogens is 1. The predicted octanol–water partition coefficient (Wildman–Crippen LogP) is 4.34. The van der Waals surface area contributed by atoms with Gasteiger partial charge in [-0.25, -0.2) is 4.98 Å². The number of aryl methyl sites for hydroxylation is 1. The number of benzene rings is 2. The van der Waals surface area contributed by atoms with E-state index in [1.165, 1.54) is 22.3 Å². The Balaban J connectivity index is 1.71. The molecule has 3 aromatic rings. The number of thiazole rings is 1. The molecule has 1 aromatic heterocycles. The maximum absolute atomic E-state index is 11.2. The van der Waals surface area contributed by atoms with Crippen LogP contribution in [0.25, 0.3) is 11.1 Å². The van der Waals surface area contributed by atoms with Gasteiger partial charge in [0.2, 0.25) is 5.91 Å². The normalized spacial score (nSPS) is 12.9. The highest BCUT2D eigenvalue weighted by Crippen LogP contribution is 2.52. The van der Waals surface area contributed by atoms with E-state index < -0.39 is 0 Å². The third kappa shape index (κ3) is 2.64. The fourth-order valence-corrected chi connectivity index (χ4v) is 5.75. The monoisotopic (exact) mass is 352 g/mol. The highest BCUT2D eigenvalue weighted by Gasteiger charge is 2.29. The average Bonchev–Trinajstić information content (AvgIpc) is 3.07. The molecule has 0 spiro atoms. The Labute approximate surface area is 148 Å². The van der Waals surface area contributed by atoms with E-state index >= 15 is 0 Å². The number of fused-ring (bicyclic) bond motifs is 3. The molecule has 1 amide bonds. The van der Waals surface area contributed by atoms with Gasteiger partial charge in [0, 0.05) is 4.88 Å². The molecule has 1 heterocycles. The smallest absolute Gasteiger partial charge is 0.222 e. The van der Waals surface area contributed by atoms with E-state index in [9.17, 15) is 4.79 Å². The van der Waals surface area contributed by atoms with Gasteiger partial charge in [-0.1, -0.05) is 60.3 Å². The number of carbonyl (C=O) groups excluding carboxylic acids is 1. The summed E-state index contributed by atoms with van der Waals surface area (Å²) in [6.07, 6.45) is 0.266. The standard InChI is InChI=1S/C19H16N2OS2/c1-11-16(10-17(20)22)23-19(21-11)24-18-14-8-4-2-6-12(14)13-7-3-5-9-15(13)18/h2-9,18H,10H2,1H3,(H2,20,22). The van der Waals surface area contributed by atoms with Crippen LogP contribution in [0.1, 0.15) is 26.9 Å². The van der Waals surface area contributed by atoms with Crippen molar-refractivity contribution in [3.8, 4) is 11.1 Å². The Hall–Kier alpha value is -2.11. The molecule has 0 saturated carbocycles. The number of hydrogen-bond acceptors (Lipinski definition) is 4. The Bertz CT molecular complexity index is 887. The summed E-state index contributed by atoms with van der Waals surface area (Å²) < 4.78 is 0.986. The fraction of sp³-hybridized carbons (Fsp3) is 0.158. The number of nitrogens with two attached hydrogens (primary N) is 1. The molecular formula is C19H16N2OS2. The number of rotatable bonds is 4. The third-order valence-corrected chi connectivity index (χ3v) is 6.73.